The number of nitrogens with two attached hydrogens (primary N) is 1. The van der Waals surface area contributed by atoms with Crippen molar-refractivity contribution in [1.82, 2.24) is 0 Å². The van der Waals surface area contributed by atoms with Crippen LogP contribution in [0.5, 0.6) is 5.75 Å². The average Bonchev–Trinajstić information content (AvgIpc) is 2.51. The molecule has 14 heavy (non-hydrogen) atoms. The number of fused-ring (bicyclic) bond motifs is 1. The molecule has 2 rings (SSSR count). The molecule has 1 aromatic rings. The van der Waals surface area contributed by atoms with Gasteiger partial charge in [-0.25, -0.2) is 0 Å². The van der Waals surface area contributed by atoms with E-state index in [1.807, 2.05) is 18.2 Å². The molecule has 0 heterocycles. The predicted octanol–water partition coefficient (Wildman–Crippen LogP) is 1.27. The Hall–Kier alpha value is -1.06. The molecule has 0 fully saturated rings. The Labute approximate surface area is 83.8 Å². The maximum Gasteiger partial charge on any atom is 0.119 e. The molecule has 0 aromatic heterocycles. The van der Waals surface area contributed by atoms with Crippen LogP contribution in [-0.4, -0.2) is 20.3 Å². The molecule has 1 aromatic carbocycles. The van der Waals surface area contributed by atoms with Crippen molar-refractivity contribution < 1.29 is 9.47 Å². The van der Waals surface area contributed by atoms with Gasteiger partial charge in [-0.3, -0.25) is 0 Å². The number of benzene rings is 1. The van der Waals surface area contributed by atoms with Gasteiger partial charge in [0.25, 0.3) is 0 Å². The summed E-state index contributed by atoms with van der Waals surface area (Å²) in [6, 6.07) is 6.09. The highest BCUT2D eigenvalue weighted by Crippen LogP contribution is 2.34. The lowest BCUT2D eigenvalue weighted by Crippen LogP contribution is -2.25. The quantitative estimate of drug-likeness (QED) is 0.769. The highest BCUT2D eigenvalue weighted by Gasteiger charge is 2.29. The van der Waals surface area contributed by atoms with Gasteiger partial charge in [-0.05, 0) is 29.7 Å². The Balaban J connectivity index is 2.37. The van der Waals surface area contributed by atoms with E-state index >= 15 is 0 Å². The third kappa shape index (κ3) is 1.38. The SMILES string of the molecule is COc1ccc2c(c1)C[C@H](N)[C@H]2OC. The fourth-order valence-corrected chi connectivity index (χ4v) is 2.06. The molecule has 2 atom stereocenters. The number of ether oxygens (including phenoxy) is 2. The molecule has 0 saturated heterocycles. The van der Waals surface area contributed by atoms with Gasteiger partial charge < -0.3 is 15.2 Å². The van der Waals surface area contributed by atoms with Crippen molar-refractivity contribution in [2.24, 2.45) is 5.73 Å². The van der Waals surface area contributed by atoms with E-state index in [9.17, 15) is 0 Å². The monoisotopic (exact) mass is 193 g/mol. The van der Waals surface area contributed by atoms with Gasteiger partial charge in [0.1, 0.15) is 5.75 Å². The molecule has 2 N–H and O–H groups in total. The molecule has 0 unspecified atom stereocenters. The van der Waals surface area contributed by atoms with Crippen molar-refractivity contribution in [3.8, 4) is 5.75 Å². The maximum absolute atomic E-state index is 5.97. The van der Waals surface area contributed by atoms with Gasteiger partial charge >= 0.3 is 0 Å². The van der Waals surface area contributed by atoms with Crippen LogP contribution in [0, 0.1) is 0 Å². The first-order valence-corrected chi connectivity index (χ1v) is 4.71. The van der Waals surface area contributed by atoms with Crippen molar-refractivity contribution in [2.45, 2.75) is 18.6 Å². The van der Waals surface area contributed by atoms with Crippen molar-refractivity contribution >= 4 is 0 Å². The number of methoxy groups -OCH3 is 2. The van der Waals surface area contributed by atoms with Crippen LogP contribution >= 0.6 is 0 Å². The molecule has 0 saturated carbocycles. The average molecular weight is 193 g/mol. The molecule has 0 amide bonds. The molecular formula is C11H15NO2. The summed E-state index contributed by atoms with van der Waals surface area (Å²) in [5, 5.41) is 0. The summed E-state index contributed by atoms with van der Waals surface area (Å²) in [7, 11) is 3.37. The van der Waals surface area contributed by atoms with Crippen LogP contribution in [0.15, 0.2) is 18.2 Å². The van der Waals surface area contributed by atoms with Crippen LogP contribution in [0.3, 0.4) is 0 Å². The van der Waals surface area contributed by atoms with E-state index in [0.29, 0.717) is 0 Å². The first kappa shape index (κ1) is 9.49. The van der Waals surface area contributed by atoms with Gasteiger partial charge in [0.2, 0.25) is 0 Å². The number of rotatable bonds is 2. The largest absolute Gasteiger partial charge is 0.497 e. The van der Waals surface area contributed by atoms with Crippen LogP contribution in [0.25, 0.3) is 0 Å². The standard InChI is InChI=1S/C11H15NO2/c1-13-8-3-4-9-7(5-8)6-10(12)11(9)14-2/h3-5,10-11H,6,12H2,1-2H3/t10-,11-/m0/s1. The Morgan fingerprint density at radius 1 is 1.36 bits per heavy atom. The second-order valence-electron chi connectivity index (χ2n) is 3.59. The van der Waals surface area contributed by atoms with Crippen LogP contribution in [0.2, 0.25) is 0 Å². The third-order valence-corrected chi connectivity index (χ3v) is 2.76. The molecule has 0 spiro atoms. The van der Waals surface area contributed by atoms with Gasteiger partial charge in [0.15, 0.2) is 0 Å². The van der Waals surface area contributed by atoms with Gasteiger partial charge in [-0.15, -0.1) is 0 Å². The van der Waals surface area contributed by atoms with Gasteiger partial charge in [-0.1, -0.05) is 6.07 Å². The molecule has 1 aliphatic rings. The topological polar surface area (TPSA) is 44.5 Å². The number of hydrogen-bond donors (Lipinski definition) is 1. The highest BCUT2D eigenvalue weighted by molar-refractivity contribution is 5.41. The molecular weight excluding hydrogens is 178 g/mol. The minimum absolute atomic E-state index is 0.0379. The summed E-state index contributed by atoms with van der Waals surface area (Å²) in [6.45, 7) is 0. The molecule has 1 aliphatic carbocycles. The van der Waals surface area contributed by atoms with Crippen molar-refractivity contribution in [2.75, 3.05) is 14.2 Å². The van der Waals surface area contributed by atoms with E-state index in [1.165, 1.54) is 11.1 Å². The molecule has 3 nitrogen and oxygen atoms in total. The van der Waals surface area contributed by atoms with E-state index in [0.717, 1.165) is 12.2 Å². The lowest BCUT2D eigenvalue weighted by atomic mass is 10.1. The lowest BCUT2D eigenvalue weighted by molar-refractivity contribution is 0.0902. The zero-order chi connectivity index (χ0) is 10.1. The van der Waals surface area contributed by atoms with E-state index in [2.05, 4.69) is 0 Å². The first-order chi connectivity index (χ1) is 6.76. The van der Waals surface area contributed by atoms with Crippen LogP contribution in [-0.2, 0) is 11.2 Å². The summed E-state index contributed by atoms with van der Waals surface area (Å²) >= 11 is 0. The minimum Gasteiger partial charge on any atom is -0.497 e. The zero-order valence-electron chi connectivity index (χ0n) is 8.49. The van der Waals surface area contributed by atoms with Crippen molar-refractivity contribution in [3.05, 3.63) is 29.3 Å². The predicted molar refractivity (Wildman–Crippen MR) is 54.4 cm³/mol. The van der Waals surface area contributed by atoms with E-state index in [1.54, 1.807) is 14.2 Å². The second kappa shape index (κ2) is 3.59. The van der Waals surface area contributed by atoms with Crippen LogP contribution < -0.4 is 10.5 Å². The van der Waals surface area contributed by atoms with Gasteiger partial charge in [0.05, 0.1) is 13.2 Å². The highest BCUT2D eigenvalue weighted by atomic mass is 16.5. The summed E-state index contributed by atoms with van der Waals surface area (Å²) in [5.74, 6) is 0.882. The smallest absolute Gasteiger partial charge is 0.119 e. The van der Waals surface area contributed by atoms with E-state index < -0.39 is 0 Å². The summed E-state index contributed by atoms with van der Waals surface area (Å²) in [5.41, 5.74) is 8.40. The second-order valence-corrected chi connectivity index (χ2v) is 3.59. The Morgan fingerprint density at radius 2 is 2.14 bits per heavy atom. The Kier molecular flexibility index (Phi) is 2.44. The summed E-state index contributed by atoms with van der Waals surface area (Å²) in [4.78, 5) is 0. The zero-order valence-corrected chi connectivity index (χ0v) is 8.49. The van der Waals surface area contributed by atoms with E-state index in [-0.39, 0.29) is 12.1 Å². The first-order valence-electron chi connectivity index (χ1n) is 4.71. The maximum atomic E-state index is 5.97. The van der Waals surface area contributed by atoms with E-state index in [4.69, 9.17) is 15.2 Å². The lowest BCUT2D eigenvalue weighted by Gasteiger charge is -2.14. The summed E-state index contributed by atoms with van der Waals surface area (Å²) < 4.78 is 10.5. The van der Waals surface area contributed by atoms with Gasteiger partial charge in [-0.2, -0.15) is 0 Å². The van der Waals surface area contributed by atoms with Crippen molar-refractivity contribution in [3.63, 3.8) is 0 Å². The third-order valence-electron chi connectivity index (χ3n) is 2.76. The van der Waals surface area contributed by atoms with Crippen LogP contribution in [0.1, 0.15) is 17.2 Å². The molecule has 0 radical (unpaired) electrons. The number of hydrogen-bond acceptors (Lipinski definition) is 3. The molecule has 0 bridgehead atoms. The molecule has 3 heteroatoms. The Morgan fingerprint density at radius 3 is 2.79 bits per heavy atom. The fraction of sp³-hybridized carbons (Fsp3) is 0.455. The molecule has 0 aliphatic heterocycles. The van der Waals surface area contributed by atoms with Crippen LogP contribution in [0.4, 0.5) is 0 Å². The normalized spacial score (nSPS) is 24.8. The molecule has 76 valence electrons. The summed E-state index contributed by atoms with van der Waals surface area (Å²) in [6.07, 6.45) is 0.904. The Bertz CT molecular complexity index is 338. The fourth-order valence-electron chi connectivity index (χ4n) is 2.06. The van der Waals surface area contributed by atoms with Gasteiger partial charge in [0, 0.05) is 13.2 Å². The van der Waals surface area contributed by atoms with Crippen molar-refractivity contribution in [1.29, 1.82) is 0 Å². The minimum atomic E-state index is 0.0379.